The maximum Gasteiger partial charge on any atom is 0.338 e. The van der Waals surface area contributed by atoms with Crippen LogP contribution in [0.5, 0.6) is 0 Å². The summed E-state index contributed by atoms with van der Waals surface area (Å²) in [5, 5.41) is 4.97. The van der Waals surface area contributed by atoms with E-state index in [1.54, 1.807) is 18.2 Å². The highest BCUT2D eigenvalue weighted by atomic mass is 19.1. The summed E-state index contributed by atoms with van der Waals surface area (Å²) >= 11 is 0. The van der Waals surface area contributed by atoms with Crippen molar-refractivity contribution in [1.82, 2.24) is 0 Å². The third-order valence-corrected chi connectivity index (χ3v) is 4.11. The fourth-order valence-corrected chi connectivity index (χ4v) is 2.69. The first-order chi connectivity index (χ1) is 14.4. The Labute approximate surface area is 172 Å². The minimum absolute atomic E-state index is 0.0895. The second kappa shape index (κ2) is 9.47. The molecule has 0 heterocycles. The van der Waals surface area contributed by atoms with Crippen LogP contribution >= 0.6 is 0 Å². The molecule has 0 unspecified atom stereocenters. The van der Waals surface area contributed by atoms with E-state index in [-0.39, 0.29) is 23.4 Å². The van der Waals surface area contributed by atoms with E-state index in [0.717, 1.165) is 11.6 Å². The molecule has 152 valence electrons. The Balaban J connectivity index is 1.68. The van der Waals surface area contributed by atoms with Crippen molar-refractivity contribution in [3.8, 4) is 0 Å². The minimum atomic E-state index is -0.648. The highest BCUT2D eigenvalue weighted by Gasteiger charge is 2.13. The Morgan fingerprint density at radius 2 is 1.63 bits per heavy atom. The smallest absolute Gasteiger partial charge is 0.338 e. The number of hydrogen-bond acceptors (Lipinski definition) is 4. The molecule has 0 saturated carbocycles. The van der Waals surface area contributed by atoms with Crippen LogP contribution in [0.4, 0.5) is 15.8 Å². The zero-order valence-electron chi connectivity index (χ0n) is 16.1. The fraction of sp³-hybridized carbons (Fsp3) is 0.0870. The van der Waals surface area contributed by atoms with Crippen molar-refractivity contribution in [2.24, 2.45) is 0 Å². The van der Waals surface area contributed by atoms with Crippen molar-refractivity contribution in [3.05, 3.63) is 95.3 Å². The standard InChI is InChI=1S/C23H19FN2O4/c1-15(27)25-21-13-17(10-11-20(21)24)22(28)26-19-9-5-8-18(12-19)23(29)30-14-16-6-3-2-4-7-16/h2-13H,14H2,1H3,(H,25,27)(H,26,28). The van der Waals surface area contributed by atoms with E-state index >= 15 is 0 Å². The Hall–Kier alpha value is -4.00. The van der Waals surface area contributed by atoms with Crippen LogP contribution in [0.3, 0.4) is 0 Å². The predicted octanol–water partition coefficient (Wildman–Crippen LogP) is 4.39. The summed E-state index contributed by atoms with van der Waals surface area (Å²) in [4.78, 5) is 35.9. The number of carbonyl (C=O) groups is 3. The summed E-state index contributed by atoms with van der Waals surface area (Å²) in [7, 11) is 0. The first-order valence-corrected chi connectivity index (χ1v) is 9.12. The van der Waals surface area contributed by atoms with Gasteiger partial charge in [0.2, 0.25) is 5.91 Å². The molecule has 0 spiro atoms. The number of esters is 1. The molecule has 0 aromatic heterocycles. The number of rotatable bonds is 6. The minimum Gasteiger partial charge on any atom is -0.457 e. The van der Waals surface area contributed by atoms with Gasteiger partial charge in [0.1, 0.15) is 12.4 Å². The van der Waals surface area contributed by atoms with Gasteiger partial charge < -0.3 is 15.4 Å². The van der Waals surface area contributed by atoms with Gasteiger partial charge in [-0.3, -0.25) is 9.59 Å². The molecule has 3 rings (SSSR count). The summed E-state index contributed by atoms with van der Waals surface area (Å²) in [6.07, 6.45) is 0. The molecular formula is C23H19FN2O4. The van der Waals surface area contributed by atoms with Crippen LogP contribution in [0.2, 0.25) is 0 Å². The molecule has 30 heavy (non-hydrogen) atoms. The Kier molecular flexibility index (Phi) is 6.54. The van der Waals surface area contributed by atoms with Crippen molar-refractivity contribution >= 4 is 29.2 Å². The first-order valence-electron chi connectivity index (χ1n) is 9.12. The molecule has 0 aliphatic rings. The predicted molar refractivity (Wildman–Crippen MR) is 111 cm³/mol. The summed E-state index contributed by atoms with van der Waals surface area (Å²) < 4.78 is 19.1. The van der Waals surface area contributed by atoms with Gasteiger partial charge in [-0.05, 0) is 42.0 Å². The third-order valence-electron chi connectivity index (χ3n) is 4.11. The summed E-state index contributed by atoms with van der Waals surface area (Å²) in [6, 6.07) is 19.2. The number of halogens is 1. The van der Waals surface area contributed by atoms with Gasteiger partial charge in [0.25, 0.3) is 5.91 Å². The molecule has 0 fully saturated rings. The molecular weight excluding hydrogens is 387 g/mol. The fourth-order valence-electron chi connectivity index (χ4n) is 2.69. The Bertz CT molecular complexity index is 1080. The molecule has 2 N–H and O–H groups in total. The molecule has 3 aromatic carbocycles. The van der Waals surface area contributed by atoms with Gasteiger partial charge in [0, 0.05) is 18.2 Å². The van der Waals surface area contributed by atoms with Crippen molar-refractivity contribution in [2.75, 3.05) is 10.6 Å². The summed E-state index contributed by atoms with van der Waals surface area (Å²) in [5.74, 6) is -2.14. The number of benzene rings is 3. The number of amides is 2. The number of carbonyl (C=O) groups excluding carboxylic acids is 3. The molecule has 3 aromatic rings. The van der Waals surface area contributed by atoms with Crippen LogP contribution in [0.25, 0.3) is 0 Å². The van der Waals surface area contributed by atoms with Gasteiger partial charge in [-0.15, -0.1) is 0 Å². The van der Waals surface area contributed by atoms with Crippen LogP contribution in [0.15, 0.2) is 72.8 Å². The molecule has 0 saturated heterocycles. The highest BCUT2D eigenvalue weighted by Crippen LogP contribution is 2.19. The molecule has 0 bridgehead atoms. The van der Waals surface area contributed by atoms with Crippen molar-refractivity contribution in [3.63, 3.8) is 0 Å². The second-order valence-corrected chi connectivity index (χ2v) is 6.47. The lowest BCUT2D eigenvalue weighted by Crippen LogP contribution is -2.14. The largest absolute Gasteiger partial charge is 0.457 e. The van der Waals surface area contributed by atoms with E-state index in [0.29, 0.717) is 5.69 Å². The quantitative estimate of drug-likeness (QED) is 0.595. The van der Waals surface area contributed by atoms with E-state index in [2.05, 4.69) is 10.6 Å². The highest BCUT2D eigenvalue weighted by molar-refractivity contribution is 6.05. The monoisotopic (exact) mass is 406 g/mol. The lowest BCUT2D eigenvalue weighted by molar-refractivity contribution is -0.114. The number of hydrogen-bond donors (Lipinski definition) is 2. The van der Waals surface area contributed by atoms with Gasteiger partial charge in [-0.2, -0.15) is 0 Å². The lowest BCUT2D eigenvalue weighted by Gasteiger charge is -2.10. The third kappa shape index (κ3) is 5.51. The number of nitrogens with one attached hydrogen (secondary N) is 2. The normalized spacial score (nSPS) is 10.2. The van der Waals surface area contributed by atoms with Crippen LogP contribution in [-0.4, -0.2) is 17.8 Å². The summed E-state index contributed by atoms with van der Waals surface area (Å²) in [5.41, 5.74) is 1.58. The molecule has 6 nitrogen and oxygen atoms in total. The zero-order chi connectivity index (χ0) is 21.5. The van der Waals surface area contributed by atoms with E-state index in [1.165, 1.54) is 25.1 Å². The van der Waals surface area contributed by atoms with Gasteiger partial charge in [-0.25, -0.2) is 9.18 Å². The van der Waals surface area contributed by atoms with Crippen molar-refractivity contribution in [1.29, 1.82) is 0 Å². The maximum atomic E-state index is 13.8. The average molecular weight is 406 g/mol. The molecule has 2 amide bonds. The van der Waals surface area contributed by atoms with Crippen molar-refractivity contribution < 1.29 is 23.5 Å². The van der Waals surface area contributed by atoms with Crippen LogP contribution in [0, 0.1) is 5.82 Å². The first kappa shape index (κ1) is 20.7. The van der Waals surface area contributed by atoms with Gasteiger partial charge in [-0.1, -0.05) is 36.4 Å². The van der Waals surface area contributed by atoms with Crippen LogP contribution < -0.4 is 10.6 Å². The SMILES string of the molecule is CC(=O)Nc1cc(C(=O)Nc2cccc(C(=O)OCc3ccccc3)c2)ccc1F. The van der Waals surface area contributed by atoms with Gasteiger partial charge >= 0.3 is 5.97 Å². The lowest BCUT2D eigenvalue weighted by atomic mass is 10.1. The second-order valence-electron chi connectivity index (χ2n) is 6.47. The average Bonchev–Trinajstić information content (AvgIpc) is 2.74. The molecule has 0 aliphatic heterocycles. The summed E-state index contributed by atoms with van der Waals surface area (Å²) in [6.45, 7) is 1.38. The van der Waals surface area contributed by atoms with E-state index < -0.39 is 23.6 Å². The Morgan fingerprint density at radius 3 is 2.37 bits per heavy atom. The van der Waals surface area contributed by atoms with Crippen molar-refractivity contribution in [2.45, 2.75) is 13.5 Å². The topological polar surface area (TPSA) is 84.5 Å². The van der Waals surface area contributed by atoms with Gasteiger partial charge in [0.15, 0.2) is 0 Å². The van der Waals surface area contributed by atoms with E-state index in [9.17, 15) is 18.8 Å². The number of ether oxygens (including phenoxy) is 1. The molecule has 0 radical (unpaired) electrons. The molecule has 0 atom stereocenters. The molecule has 7 heteroatoms. The van der Waals surface area contributed by atoms with Gasteiger partial charge in [0.05, 0.1) is 11.3 Å². The van der Waals surface area contributed by atoms with Crippen LogP contribution in [0.1, 0.15) is 33.2 Å². The number of anilines is 2. The van der Waals surface area contributed by atoms with E-state index in [4.69, 9.17) is 4.74 Å². The molecule has 0 aliphatic carbocycles. The Morgan fingerprint density at radius 1 is 0.867 bits per heavy atom. The van der Waals surface area contributed by atoms with E-state index in [1.807, 2.05) is 30.3 Å². The van der Waals surface area contributed by atoms with Crippen LogP contribution in [-0.2, 0) is 16.1 Å². The maximum absolute atomic E-state index is 13.8. The zero-order valence-corrected chi connectivity index (χ0v) is 16.1.